The summed E-state index contributed by atoms with van der Waals surface area (Å²) in [6.07, 6.45) is 6.86. The fourth-order valence-electron chi connectivity index (χ4n) is 3.35. The zero-order valence-corrected chi connectivity index (χ0v) is 19.8. The molecule has 0 amide bonds. The molecular weight excluding hydrogens is 481 g/mol. The first-order valence-corrected chi connectivity index (χ1v) is 10.0. The van der Waals surface area contributed by atoms with Gasteiger partial charge in [0.25, 0.3) is 0 Å². The molecule has 1 aliphatic rings. The summed E-state index contributed by atoms with van der Waals surface area (Å²) in [5.74, 6) is 2.37. The zero-order chi connectivity index (χ0) is 19.8. The van der Waals surface area contributed by atoms with Crippen LogP contribution >= 0.6 is 24.0 Å². The average molecular weight is 513 g/mol. The second-order valence-corrected chi connectivity index (χ2v) is 7.00. The Hall–Kier alpha value is -1.97. The highest BCUT2D eigenvalue weighted by Crippen LogP contribution is 2.32. The van der Waals surface area contributed by atoms with Crippen LogP contribution in [0.15, 0.2) is 35.5 Å². The van der Waals surface area contributed by atoms with Crippen LogP contribution in [-0.4, -0.2) is 35.5 Å². The summed E-state index contributed by atoms with van der Waals surface area (Å²) < 4.78 is 13.5. The maximum atomic E-state index is 6.11. The number of hydrogen-bond acceptors (Lipinski definition) is 4. The first kappa shape index (κ1) is 23.3. The molecule has 1 aromatic heterocycles. The number of rotatable bonds is 8. The van der Waals surface area contributed by atoms with Crippen LogP contribution in [0.1, 0.15) is 43.9 Å². The molecule has 0 spiro atoms. The summed E-state index contributed by atoms with van der Waals surface area (Å²) in [6, 6.07) is 8.06. The Labute approximate surface area is 190 Å². The minimum atomic E-state index is 0. The van der Waals surface area contributed by atoms with E-state index in [4.69, 9.17) is 9.47 Å². The van der Waals surface area contributed by atoms with Crippen LogP contribution in [0.5, 0.6) is 11.5 Å². The van der Waals surface area contributed by atoms with E-state index in [1.165, 1.54) is 12.8 Å². The van der Waals surface area contributed by atoms with Gasteiger partial charge in [-0.2, -0.15) is 5.10 Å². The fraction of sp³-hybridized carbons (Fsp3) is 0.524. The van der Waals surface area contributed by atoms with Crippen molar-refractivity contribution in [2.75, 3.05) is 13.7 Å². The van der Waals surface area contributed by atoms with Crippen molar-refractivity contribution in [2.24, 2.45) is 12.0 Å². The number of hydrogen-bond donors (Lipinski definition) is 2. The molecule has 2 aromatic rings. The lowest BCUT2D eigenvalue weighted by molar-refractivity contribution is 0.200. The molecule has 1 saturated carbocycles. The van der Waals surface area contributed by atoms with E-state index in [-0.39, 0.29) is 24.0 Å². The van der Waals surface area contributed by atoms with Gasteiger partial charge in [-0.3, -0.25) is 4.68 Å². The van der Waals surface area contributed by atoms with E-state index in [1.54, 1.807) is 13.3 Å². The number of benzene rings is 1. The van der Waals surface area contributed by atoms with Crippen molar-refractivity contribution >= 4 is 29.9 Å². The number of aromatic nitrogens is 2. The van der Waals surface area contributed by atoms with E-state index in [9.17, 15) is 0 Å². The van der Waals surface area contributed by atoms with Crippen molar-refractivity contribution in [1.82, 2.24) is 20.4 Å². The van der Waals surface area contributed by atoms with Crippen LogP contribution in [0.4, 0.5) is 0 Å². The average Bonchev–Trinajstić information content (AvgIpc) is 3.36. The maximum absolute atomic E-state index is 6.11. The number of aliphatic imine (C=N–C) groups is 1. The maximum Gasteiger partial charge on any atom is 0.191 e. The van der Waals surface area contributed by atoms with Gasteiger partial charge in [-0.25, -0.2) is 4.99 Å². The van der Waals surface area contributed by atoms with E-state index < -0.39 is 0 Å². The molecule has 160 valence electrons. The molecule has 0 radical (unpaired) electrons. The van der Waals surface area contributed by atoms with Gasteiger partial charge in [-0.05, 0) is 56.4 Å². The van der Waals surface area contributed by atoms with Gasteiger partial charge in [0.2, 0.25) is 0 Å². The summed E-state index contributed by atoms with van der Waals surface area (Å²) in [4.78, 5) is 4.69. The van der Waals surface area contributed by atoms with Gasteiger partial charge in [0, 0.05) is 19.8 Å². The number of aryl methyl sites for hydroxylation is 1. The second kappa shape index (κ2) is 11.9. The molecule has 0 saturated heterocycles. The van der Waals surface area contributed by atoms with Crippen molar-refractivity contribution in [3.63, 3.8) is 0 Å². The van der Waals surface area contributed by atoms with Crippen LogP contribution in [0.2, 0.25) is 0 Å². The van der Waals surface area contributed by atoms with E-state index in [0.29, 0.717) is 19.2 Å². The molecule has 1 aliphatic carbocycles. The van der Waals surface area contributed by atoms with Gasteiger partial charge in [0.15, 0.2) is 17.5 Å². The van der Waals surface area contributed by atoms with Crippen LogP contribution < -0.4 is 20.1 Å². The van der Waals surface area contributed by atoms with Crippen molar-refractivity contribution in [3.05, 3.63) is 41.7 Å². The lowest BCUT2D eigenvalue weighted by atomic mass is 10.2. The molecule has 1 aromatic carbocycles. The quantitative estimate of drug-likeness (QED) is 0.321. The molecule has 3 rings (SSSR count). The third-order valence-electron chi connectivity index (χ3n) is 4.95. The highest BCUT2D eigenvalue weighted by molar-refractivity contribution is 14.0. The molecule has 1 heterocycles. The molecule has 0 bridgehead atoms. The highest BCUT2D eigenvalue weighted by Gasteiger charge is 2.18. The number of guanidine groups is 1. The van der Waals surface area contributed by atoms with Gasteiger partial charge in [-0.15, -0.1) is 24.0 Å². The van der Waals surface area contributed by atoms with E-state index >= 15 is 0 Å². The zero-order valence-electron chi connectivity index (χ0n) is 17.5. The molecule has 0 aliphatic heterocycles. The summed E-state index contributed by atoms with van der Waals surface area (Å²) in [7, 11) is 3.62. The Morgan fingerprint density at radius 1 is 1.21 bits per heavy atom. The third kappa shape index (κ3) is 6.80. The molecule has 29 heavy (non-hydrogen) atoms. The van der Waals surface area contributed by atoms with Gasteiger partial charge in [0.1, 0.15) is 0 Å². The largest absolute Gasteiger partial charge is 0.493 e. The first-order chi connectivity index (χ1) is 13.7. The highest BCUT2D eigenvalue weighted by atomic mass is 127. The van der Waals surface area contributed by atoms with Crippen molar-refractivity contribution in [3.8, 4) is 11.5 Å². The summed E-state index contributed by atoms with van der Waals surface area (Å²) >= 11 is 0. The van der Waals surface area contributed by atoms with Crippen LogP contribution in [0.25, 0.3) is 0 Å². The molecular formula is C21H32IN5O2. The second-order valence-electron chi connectivity index (χ2n) is 7.00. The number of halogens is 1. The Kier molecular flexibility index (Phi) is 9.56. The molecule has 1 fully saturated rings. The Morgan fingerprint density at radius 2 is 2.00 bits per heavy atom. The predicted octanol–water partition coefficient (Wildman–Crippen LogP) is 3.62. The minimum Gasteiger partial charge on any atom is -0.493 e. The third-order valence-corrected chi connectivity index (χ3v) is 4.95. The SMILES string of the molecule is CCNC(=NCc1ccc(OC2CCCC2)c(OC)c1)NCc1ccnn1C.I. The minimum absolute atomic E-state index is 0. The smallest absolute Gasteiger partial charge is 0.191 e. The van der Waals surface area contributed by atoms with Crippen molar-refractivity contribution < 1.29 is 9.47 Å². The number of methoxy groups -OCH3 is 1. The first-order valence-electron chi connectivity index (χ1n) is 10.0. The van der Waals surface area contributed by atoms with E-state index in [2.05, 4.69) is 33.7 Å². The van der Waals surface area contributed by atoms with Gasteiger partial charge < -0.3 is 20.1 Å². The van der Waals surface area contributed by atoms with Crippen LogP contribution in [0.3, 0.4) is 0 Å². The lowest BCUT2D eigenvalue weighted by Gasteiger charge is -2.16. The van der Waals surface area contributed by atoms with Crippen LogP contribution in [-0.2, 0) is 20.1 Å². The predicted molar refractivity (Wildman–Crippen MR) is 126 cm³/mol. The normalized spacial score (nSPS) is 14.4. The van der Waals surface area contributed by atoms with Gasteiger partial charge in [-0.1, -0.05) is 6.07 Å². The standard InChI is InChI=1S/C21H31N5O2.HI/c1-4-22-21(24-15-17-11-12-25-26(17)2)23-14-16-9-10-19(20(13-16)27-3)28-18-7-5-6-8-18;/h9-13,18H,4-8,14-15H2,1-3H3,(H2,22,23,24);1H. The molecule has 0 unspecified atom stereocenters. The van der Waals surface area contributed by atoms with E-state index in [1.807, 2.05) is 29.9 Å². The Balaban J connectivity index is 0.00000300. The number of nitrogens with zero attached hydrogens (tertiary/aromatic N) is 3. The van der Waals surface area contributed by atoms with Crippen LogP contribution in [0, 0.1) is 0 Å². The van der Waals surface area contributed by atoms with Crippen molar-refractivity contribution in [2.45, 2.75) is 51.8 Å². The fourth-order valence-corrected chi connectivity index (χ4v) is 3.35. The summed E-state index contributed by atoms with van der Waals surface area (Å²) in [5, 5.41) is 10.8. The Morgan fingerprint density at radius 3 is 2.66 bits per heavy atom. The number of ether oxygens (including phenoxy) is 2. The summed E-state index contributed by atoms with van der Waals surface area (Å²) in [6.45, 7) is 4.08. The topological polar surface area (TPSA) is 72.7 Å². The van der Waals surface area contributed by atoms with Gasteiger partial charge in [0.05, 0.1) is 32.0 Å². The molecule has 7 nitrogen and oxygen atoms in total. The molecule has 0 atom stereocenters. The Bertz CT molecular complexity index is 787. The monoisotopic (exact) mass is 513 g/mol. The van der Waals surface area contributed by atoms with E-state index in [0.717, 1.165) is 48.1 Å². The summed E-state index contributed by atoms with van der Waals surface area (Å²) in [5.41, 5.74) is 2.18. The van der Waals surface area contributed by atoms with Crippen molar-refractivity contribution in [1.29, 1.82) is 0 Å². The molecule has 8 heteroatoms. The molecule has 2 N–H and O–H groups in total. The number of nitrogens with one attached hydrogen (secondary N) is 2. The lowest BCUT2D eigenvalue weighted by Crippen LogP contribution is -2.37. The van der Waals surface area contributed by atoms with Gasteiger partial charge >= 0.3 is 0 Å².